The van der Waals surface area contributed by atoms with Gasteiger partial charge in [0.1, 0.15) is 0 Å². The zero-order valence-electron chi connectivity index (χ0n) is 12.1. The molecule has 5 heteroatoms. The average molecular weight is 281 g/mol. The Hall–Kier alpha value is -2.56. The predicted octanol–water partition coefficient (Wildman–Crippen LogP) is 2.89. The lowest BCUT2D eigenvalue weighted by atomic mass is 10.1. The lowest BCUT2D eigenvalue weighted by Crippen LogP contribution is -2.04. The highest BCUT2D eigenvalue weighted by molar-refractivity contribution is 5.98. The second-order valence-corrected chi connectivity index (χ2v) is 5.15. The fourth-order valence-corrected chi connectivity index (χ4v) is 2.48. The molecule has 1 aromatic carbocycles. The summed E-state index contributed by atoms with van der Waals surface area (Å²) in [5, 5.41) is 11.5. The fraction of sp³-hybridized carbons (Fsp3) is 0.250. The number of nitrogen functional groups attached to an aromatic ring is 1. The quantitative estimate of drug-likeness (QED) is 0.496. The first-order valence-electron chi connectivity index (χ1n) is 7.11. The van der Waals surface area contributed by atoms with Crippen molar-refractivity contribution in [2.45, 2.75) is 19.8 Å². The Balaban J connectivity index is 1.66. The number of nitrogens with two attached hydrogens (primary N) is 1. The van der Waals surface area contributed by atoms with Crippen LogP contribution in [0.25, 0.3) is 10.9 Å². The fourth-order valence-electron chi connectivity index (χ4n) is 2.48. The third-order valence-electron chi connectivity index (χ3n) is 3.67. The van der Waals surface area contributed by atoms with Crippen molar-refractivity contribution in [3.8, 4) is 0 Å². The normalized spacial score (nSPS) is 10.9. The van der Waals surface area contributed by atoms with Gasteiger partial charge in [-0.05, 0) is 49.6 Å². The Bertz CT molecular complexity index is 747. The lowest BCUT2D eigenvalue weighted by Gasteiger charge is -2.10. The molecule has 0 amide bonds. The summed E-state index contributed by atoms with van der Waals surface area (Å²) in [6, 6.07) is 7.89. The molecule has 0 aliphatic rings. The zero-order chi connectivity index (χ0) is 14.7. The molecule has 0 aliphatic carbocycles. The molecule has 5 nitrogen and oxygen atoms in total. The highest BCUT2D eigenvalue weighted by Gasteiger charge is 2.05. The number of benzene rings is 1. The second kappa shape index (κ2) is 5.83. The first kappa shape index (κ1) is 13.4. The highest BCUT2D eigenvalue weighted by Crippen LogP contribution is 2.26. The summed E-state index contributed by atoms with van der Waals surface area (Å²) < 4.78 is 0. The Labute approximate surface area is 123 Å². The highest BCUT2D eigenvalue weighted by atomic mass is 15.1. The van der Waals surface area contributed by atoms with E-state index in [1.807, 2.05) is 30.5 Å². The van der Waals surface area contributed by atoms with Crippen LogP contribution in [0.1, 0.15) is 17.7 Å². The van der Waals surface area contributed by atoms with E-state index in [0.717, 1.165) is 41.7 Å². The third-order valence-corrected chi connectivity index (χ3v) is 3.67. The maximum absolute atomic E-state index is 5.96. The molecule has 108 valence electrons. The molecule has 0 unspecified atom stereocenters. The summed E-state index contributed by atoms with van der Waals surface area (Å²) in [6.45, 7) is 2.95. The zero-order valence-corrected chi connectivity index (χ0v) is 12.1. The number of pyridine rings is 1. The molecule has 21 heavy (non-hydrogen) atoms. The number of fused-ring (bicyclic) bond motifs is 1. The van der Waals surface area contributed by atoms with Crippen molar-refractivity contribution in [2.75, 3.05) is 17.6 Å². The molecule has 0 bridgehead atoms. The van der Waals surface area contributed by atoms with Crippen molar-refractivity contribution in [1.29, 1.82) is 0 Å². The van der Waals surface area contributed by atoms with Crippen LogP contribution in [0, 0.1) is 6.92 Å². The van der Waals surface area contributed by atoms with Gasteiger partial charge in [-0.1, -0.05) is 0 Å². The molecule has 4 N–H and O–H groups in total. The van der Waals surface area contributed by atoms with E-state index in [1.54, 1.807) is 6.20 Å². The minimum absolute atomic E-state index is 0.713. The molecule has 2 aromatic heterocycles. The summed E-state index contributed by atoms with van der Waals surface area (Å²) in [4.78, 5) is 4.34. The number of rotatable bonds is 5. The van der Waals surface area contributed by atoms with E-state index in [0.29, 0.717) is 5.69 Å². The molecule has 3 rings (SSSR count). The van der Waals surface area contributed by atoms with E-state index in [-0.39, 0.29) is 0 Å². The Morgan fingerprint density at radius 3 is 3.00 bits per heavy atom. The molecule has 3 aromatic rings. The van der Waals surface area contributed by atoms with Crippen LogP contribution < -0.4 is 11.1 Å². The van der Waals surface area contributed by atoms with Gasteiger partial charge in [0.25, 0.3) is 0 Å². The number of nitrogens with one attached hydrogen (secondary N) is 2. The largest absolute Gasteiger partial charge is 0.397 e. The van der Waals surface area contributed by atoms with Gasteiger partial charge in [-0.2, -0.15) is 5.10 Å². The van der Waals surface area contributed by atoms with Crippen LogP contribution in [0.3, 0.4) is 0 Å². The van der Waals surface area contributed by atoms with Crippen molar-refractivity contribution in [3.05, 3.63) is 47.9 Å². The van der Waals surface area contributed by atoms with Crippen LogP contribution in [0.4, 0.5) is 11.4 Å². The molecule has 0 atom stereocenters. The number of aryl methyl sites for hydroxylation is 2. The summed E-state index contributed by atoms with van der Waals surface area (Å²) in [7, 11) is 0. The first-order valence-corrected chi connectivity index (χ1v) is 7.11. The van der Waals surface area contributed by atoms with Crippen LogP contribution in [-0.4, -0.2) is 21.7 Å². The second-order valence-electron chi connectivity index (χ2n) is 5.15. The summed E-state index contributed by atoms with van der Waals surface area (Å²) in [6.07, 6.45) is 5.73. The van der Waals surface area contributed by atoms with Crippen LogP contribution in [-0.2, 0) is 6.42 Å². The van der Waals surface area contributed by atoms with Gasteiger partial charge in [0.15, 0.2) is 0 Å². The standard InChI is InChI=1S/C16H19N5/c1-11-12(10-20-21-11)4-2-8-18-15-7-6-14(17)16-13(15)5-3-9-19-16/h3,5-7,9-10,18H,2,4,8,17H2,1H3,(H,20,21). The van der Waals surface area contributed by atoms with E-state index < -0.39 is 0 Å². The van der Waals surface area contributed by atoms with Gasteiger partial charge in [0.2, 0.25) is 0 Å². The Morgan fingerprint density at radius 1 is 1.29 bits per heavy atom. The van der Waals surface area contributed by atoms with Crippen LogP contribution in [0.15, 0.2) is 36.7 Å². The molecule has 0 saturated carbocycles. The third kappa shape index (κ3) is 2.81. The number of aromatic nitrogens is 3. The molecule has 0 aliphatic heterocycles. The van der Waals surface area contributed by atoms with E-state index in [2.05, 4.69) is 27.4 Å². The van der Waals surface area contributed by atoms with Crippen molar-refractivity contribution < 1.29 is 0 Å². The van der Waals surface area contributed by atoms with Gasteiger partial charge >= 0.3 is 0 Å². The predicted molar refractivity (Wildman–Crippen MR) is 86.3 cm³/mol. The van der Waals surface area contributed by atoms with Crippen LogP contribution >= 0.6 is 0 Å². The Kier molecular flexibility index (Phi) is 3.73. The maximum atomic E-state index is 5.96. The molecule has 0 fully saturated rings. The van der Waals surface area contributed by atoms with Gasteiger partial charge in [-0.25, -0.2) is 0 Å². The minimum Gasteiger partial charge on any atom is -0.397 e. The van der Waals surface area contributed by atoms with Gasteiger partial charge in [0, 0.05) is 29.5 Å². The number of hydrogen-bond donors (Lipinski definition) is 3. The van der Waals surface area contributed by atoms with Crippen LogP contribution in [0.5, 0.6) is 0 Å². The first-order chi connectivity index (χ1) is 10.3. The number of hydrogen-bond acceptors (Lipinski definition) is 4. The van der Waals surface area contributed by atoms with E-state index >= 15 is 0 Å². The van der Waals surface area contributed by atoms with E-state index in [4.69, 9.17) is 5.73 Å². The summed E-state index contributed by atoms with van der Waals surface area (Å²) in [5.74, 6) is 0. The SMILES string of the molecule is Cc1[nH]ncc1CCCNc1ccc(N)c2ncccc12. The summed E-state index contributed by atoms with van der Waals surface area (Å²) in [5.41, 5.74) is 11.0. The molecule has 0 radical (unpaired) electrons. The average Bonchev–Trinajstić information content (AvgIpc) is 2.91. The number of nitrogens with zero attached hydrogens (tertiary/aromatic N) is 2. The molecule has 0 spiro atoms. The van der Waals surface area contributed by atoms with Crippen LogP contribution in [0.2, 0.25) is 0 Å². The maximum Gasteiger partial charge on any atom is 0.0951 e. The lowest BCUT2D eigenvalue weighted by molar-refractivity contribution is 0.858. The van der Waals surface area contributed by atoms with Crippen molar-refractivity contribution in [2.24, 2.45) is 0 Å². The number of aromatic amines is 1. The Morgan fingerprint density at radius 2 is 2.19 bits per heavy atom. The van der Waals surface area contributed by atoms with Gasteiger partial charge in [-0.15, -0.1) is 0 Å². The van der Waals surface area contributed by atoms with Crippen molar-refractivity contribution >= 4 is 22.3 Å². The van der Waals surface area contributed by atoms with Gasteiger partial charge in [0.05, 0.1) is 17.4 Å². The van der Waals surface area contributed by atoms with E-state index in [9.17, 15) is 0 Å². The molecule has 0 saturated heterocycles. The van der Waals surface area contributed by atoms with Gasteiger partial charge in [-0.3, -0.25) is 10.1 Å². The van der Waals surface area contributed by atoms with Gasteiger partial charge < -0.3 is 11.1 Å². The number of anilines is 2. The monoisotopic (exact) mass is 281 g/mol. The molecular weight excluding hydrogens is 262 g/mol. The summed E-state index contributed by atoms with van der Waals surface area (Å²) >= 11 is 0. The van der Waals surface area contributed by atoms with Crippen molar-refractivity contribution in [3.63, 3.8) is 0 Å². The molecule has 2 heterocycles. The van der Waals surface area contributed by atoms with Crippen molar-refractivity contribution in [1.82, 2.24) is 15.2 Å². The topological polar surface area (TPSA) is 79.6 Å². The smallest absolute Gasteiger partial charge is 0.0951 e. The number of H-pyrrole nitrogens is 1. The van der Waals surface area contributed by atoms with E-state index in [1.165, 1.54) is 5.56 Å². The molecular formula is C16H19N5. The minimum atomic E-state index is 0.713.